The van der Waals surface area contributed by atoms with Gasteiger partial charge in [0.05, 0.1) is 9.78 Å². The lowest BCUT2D eigenvalue weighted by atomic mass is 9.90. The van der Waals surface area contributed by atoms with Crippen LogP contribution in [0.25, 0.3) is 0 Å². The fourth-order valence-electron chi connectivity index (χ4n) is 4.76. The number of piperidine rings is 1. The first kappa shape index (κ1) is 30.0. The van der Waals surface area contributed by atoms with Gasteiger partial charge in [0, 0.05) is 27.9 Å². The summed E-state index contributed by atoms with van der Waals surface area (Å²) in [6.07, 6.45) is 10.4. The second kappa shape index (κ2) is 14.6. The van der Waals surface area contributed by atoms with Crippen LogP contribution >= 0.6 is 45.2 Å². The smallest absolute Gasteiger partial charge is 0.250 e. The van der Waals surface area contributed by atoms with Crippen molar-refractivity contribution >= 4 is 74.9 Å². The number of halogens is 2. The molecule has 2 heterocycles. The van der Waals surface area contributed by atoms with Crippen molar-refractivity contribution in [3.63, 3.8) is 0 Å². The summed E-state index contributed by atoms with van der Waals surface area (Å²) in [6, 6.07) is 22.8. The van der Waals surface area contributed by atoms with E-state index in [4.69, 9.17) is 21.1 Å². The molecule has 0 radical (unpaired) electrons. The topological polar surface area (TPSA) is 87.6 Å². The Morgan fingerprint density at radius 2 is 1.76 bits per heavy atom. The average molecular weight is 783 g/mol. The normalized spacial score (nSPS) is 13.6. The van der Waals surface area contributed by atoms with Crippen molar-refractivity contribution in [1.82, 2.24) is 15.0 Å². The van der Waals surface area contributed by atoms with Gasteiger partial charge >= 0.3 is 0 Å². The zero-order valence-electron chi connectivity index (χ0n) is 23.2. The number of aryl methyl sites for hydroxylation is 1. The van der Waals surface area contributed by atoms with Crippen molar-refractivity contribution < 1.29 is 4.74 Å². The van der Waals surface area contributed by atoms with Crippen LogP contribution in [-0.2, 0) is 6.42 Å². The van der Waals surface area contributed by atoms with Gasteiger partial charge < -0.3 is 15.0 Å². The lowest BCUT2D eigenvalue weighted by Crippen LogP contribution is -2.35. The highest BCUT2D eigenvalue weighted by molar-refractivity contribution is 14.1. The first-order valence-electron chi connectivity index (χ1n) is 13.7. The quantitative estimate of drug-likeness (QED) is 0.0772. The lowest BCUT2D eigenvalue weighted by molar-refractivity contribution is 0.367. The molecule has 0 atom stereocenters. The molecule has 0 amide bonds. The average Bonchev–Trinajstić information content (AvgIpc) is 2.99. The van der Waals surface area contributed by atoms with E-state index in [1.54, 1.807) is 6.21 Å². The summed E-state index contributed by atoms with van der Waals surface area (Å²) < 4.78 is 7.81. The van der Waals surface area contributed by atoms with E-state index < -0.39 is 0 Å². The monoisotopic (exact) mass is 783 g/mol. The van der Waals surface area contributed by atoms with Crippen LogP contribution in [0.2, 0.25) is 0 Å². The van der Waals surface area contributed by atoms with Crippen LogP contribution < -0.4 is 20.4 Å². The molecule has 3 aromatic carbocycles. The Labute approximate surface area is 274 Å². The van der Waals surface area contributed by atoms with Crippen molar-refractivity contribution in [2.24, 2.45) is 11.0 Å². The standard InChI is InChI=1S/C32H31I2N7O/c1-3-17-42-29-25(19-26(33)20-28(29)34)21-35-40-31-37-30(36-27-11-9-22(2)10-12-27)38-32(39-31)41-15-13-24(14-16-41)18-23-7-5-4-6-8-23/h1,4-12,19-21,24H,13-18H2,2H3,(H2,36,37,38,39,40). The highest BCUT2D eigenvalue weighted by atomic mass is 127. The maximum atomic E-state index is 5.79. The number of anilines is 4. The first-order valence-corrected chi connectivity index (χ1v) is 15.9. The van der Waals surface area contributed by atoms with Gasteiger partial charge in [-0.25, -0.2) is 5.43 Å². The summed E-state index contributed by atoms with van der Waals surface area (Å²) in [5, 5.41) is 7.78. The molecule has 0 aliphatic carbocycles. The summed E-state index contributed by atoms with van der Waals surface area (Å²) >= 11 is 4.51. The molecule has 1 saturated heterocycles. The van der Waals surface area contributed by atoms with Gasteiger partial charge in [-0.1, -0.05) is 53.9 Å². The van der Waals surface area contributed by atoms with E-state index in [1.165, 1.54) is 11.1 Å². The molecule has 1 aliphatic heterocycles. The zero-order valence-corrected chi connectivity index (χ0v) is 27.5. The number of rotatable bonds is 10. The molecule has 1 fully saturated rings. The Morgan fingerprint density at radius 1 is 1.02 bits per heavy atom. The molecule has 214 valence electrons. The van der Waals surface area contributed by atoms with Crippen LogP contribution in [0.4, 0.5) is 23.5 Å². The molecule has 0 spiro atoms. The molecule has 42 heavy (non-hydrogen) atoms. The van der Waals surface area contributed by atoms with Gasteiger partial charge in [-0.15, -0.1) is 6.42 Å². The van der Waals surface area contributed by atoms with Gasteiger partial charge in [-0.2, -0.15) is 20.1 Å². The summed E-state index contributed by atoms with van der Waals surface area (Å²) in [4.78, 5) is 16.4. The van der Waals surface area contributed by atoms with Gasteiger partial charge in [0.25, 0.3) is 0 Å². The van der Waals surface area contributed by atoms with E-state index in [0.717, 1.165) is 50.7 Å². The Hall–Kier alpha value is -3.44. The van der Waals surface area contributed by atoms with Crippen LogP contribution in [-0.4, -0.2) is 40.9 Å². The van der Waals surface area contributed by atoms with E-state index in [0.29, 0.717) is 29.5 Å². The van der Waals surface area contributed by atoms with Crippen molar-refractivity contribution in [2.45, 2.75) is 26.2 Å². The second-order valence-corrected chi connectivity index (χ2v) is 12.5. The molecular formula is C32H31I2N7O. The number of nitrogens with one attached hydrogen (secondary N) is 2. The van der Waals surface area contributed by atoms with Crippen LogP contribution in [0.15, 0.2) is 71.8 Å². The van der Waals surface area contributed by atoms with Crippen molar-refractivity contribution in [3.05, 3.63) is 90.6 Å². The third-order valence-electron chi connectivity index (χ3n) is 6.90. The summed E-state index contributed by atoms with van der Waals surface area (Å²) in [6.45, 7) is 4.00. The molecule has 5 rings (SSSR count). The predicted molar refractivity (Wildman–Crippen MR) is 187 cm³/mol. The van der Waals surface area contributed by atoms with Gasteiger partial charge in [0.15, 0.2) is 0 Å². The molecule has 0 unspecified atom stereocenters. The van der Waals surface area contributed by atoms with Gasteiger partial charge in [0.2, 0.25) is 17.8 Å². The minimum Gasteiger partial charge on any atom is -0.479 e. The molecule has 0 saturated carbocycles. The van der Waals surface area contributed by atoms with Crippen LogP contribution in [0.5, 0.6) is 5.75 Å². The maximum Gasteiger partial charge on any atom is 0.250 e. The van der Waals surface area contributed by atoms with Gasteiger partial charge in [-0.3, -0.25) is 0 Å². The van der Waals surface area contributed by atoms with E-state index >= 15 is 0 Å². The fourth-order valence-corrected chi connectivity index (χ4v) is 6.81. The van der Waals surface area contributed by atoms with Gasteiger partial charge in [-0.05, 0) is 107 Å². The van der Waals surface area contributed by atoms with E-state index in [-0.39, 0.29) is 6.61 Å². The number of hydrogen-bond acceptors (Lipinski definition) is 8. The number of aromatic nitrogens is 3. The summed E-state index contributed by atoms with van der Waals surface area (Å²) in [7, 11) is 0. The van der Waals surface area contributed by atoms with Crippen molar-refractivity contribution in [3.8, 4) is 18.1 Å². The van der Waals surface area contributed by atoms with Crippen LogP contribution in [0.3, 0.4) is 0 Å². The third kappa shape index (κ3) is 8.32. The number of hydrogen-bond donors (Lipinski definition) is 2. The zero-order chi connectivity index (χ0) is 29.3. The van der Waals surface area contributed by atoms with E-state index in [2.05, 4.69) is 114 Å². The molecule has 1 aliphatic rings. The summed E-state index contributed by atoms with van der Waals surface area (Å²) in [5.74, 6) is 5.28. The number of benzene rings is 3. The number of ether oxygens (including phenoxy) is 1. The number of nitrogens with zero attached hydrogens (tertiary/aromatic N) is 5. The third-order valence-corrected chi connectivity index (χ3v) is 8.33. The van der Waals surface area contributed by atoms with Crippen LogP contribution in [0, 0.1) is 32.3 Å². The molecule has 2 N–H and O–H groups in total. The molecule has 8 nitrogen and oxygen atoms in total. The second-order valence-electron chi connectivity index (χ2n) is 10.1. The van der Waals surface area contributed by atoms with E-state index in [1.807, 2.05) is 36.4 Å². The van der Waals surface area contributed by atoms with Gasteiger partial charge in [0.1, 0.15) is 12.4 Å². The highest BCUT2D eigenvalue weighted by Gasteiger charge is 2.22. The first-order chi connectivity index (χ1) is 20.5. The summed E-state index contributed by atoms with van der Waals surface area (Å²) in [5.41, 5.74) is 7.29. The van der Waals surface area contributed by atoms with E-state index in [9.17, 15) is 0 Å². The largest absolute Gasteiger partial charge is 0.479 e. The number of terminal acetylenes is 1. The van der Waals surface area contributed by atoms with Crippen molar-refractivity contribution in [2.75, 3.05) is 35.3 Å². The minimum atomic E-state index is 0.178. The lowest BCUT2D eigenvalue weighted by Gasteiger charge is -2.32. The minimum absolute atomic E-state index is 0.178. The Morgan fingerprint density at radius 3 is 2.50 bits per heavy atom. The van der Waals surface area contributed by atoms with Crippen LogP contribution in [0.1, 0.15) is 29.5 Å². The molecule has 1 aromatic heterocycles. The predicted octanol–water partition coefficient (Wildman–Crippen LogP) is 7.05. The molecule has 4 aromatic rings. The Bertz CT molecular complexity index is 1560. The molecular weight excluding hydrogens is 752 g/mol. The Kier molecular flexibility index (Phi) is 10.5. The maximum absolute atomic E-state index is 5.79. The number of hydrazone groups is 1. The Balaban J connectivity index is 1.35. The molecule has 0 bridgehead atoms. The fraction of sp³-hybridized carbons (Fsp3) is 0.250. The highest BCUT2D eigenvalue weighted by Crippen LogP contribution is 2.28. The SMILES string of the molecule is C#CCOc1c(I)cc(I)cc1C=NNc1nc(Nc2ccc(C)cc2)nc(N2CCC(Cc3ccccc3)CC2)n1. The molecule has 10 heteroatoms. The van der Waals surface area contributed by atoms with Crippen molar-refractivity contribution in [1.29, 1.82) is 0 Å².